The lowest BCUT2D eigenvalue weighted by atomic mass is 9.80. The van der Waals surface area contributed by atoms with Gasteiger partial charge in [-0.2, -0.15) is 0 Å². The second-order valence-corrected chi connectivity index (χ2v) is 9.29. The lowest BCUT2D eigenvalue weighted by Crippen LogP contribution is -2.42. The minimum atomic E-state index is -3.19. The number of hydrogen-bond donors (Lipinski definition) is 1. The van der Waals surface area contributed by atoms with Crippen LogP contribution >= 0.6 is 0 Å². The fraction of sp³-hybridized carbons (Fsp3) is 0.450. The second-order valence-electron chi connectivity index (χ2n) is 7.15. The fourth-order valence-electron chi connectivity index (χ4n) is 3.63. The molecule has 1 aliphatic carbocycles. The molecule has 1 aliphatic rings. The van der Waals surface area contributed by atoms with E-state index in [2.05, 4.69) is 17.4 Å². The van der Waals surface area contributed by atoms with Crippen LogP contribution in [0, 0.1) is 5.92 Å². The van der Waals surface area contributed by atoms with Crippen LogP contribution in [0.3, 0.4) is 0 Å². The number of rotatable bonds is 6. The van der Waals surface area contributed by atoms with Crippen molar-refractivity contribution in [2.45, 2.75) is 43.9 Å². The van der Waals surface area contributed by atoms with Gasteiger partial charge in [-0.05, 0) is 42.9 Å². The number of benzene rings is 1. The average molecular weight is 375 g/mol. The van der Waals surface area contributed by atoms with Gasteiger partial charge in [0.05, 0.1) is 0 Å². The molecule has 1 saturated carbocycles. The molecule has 2 unspecified atom stereocenters. The number of carbonyl (C=O) groups is 1. The van der Waals surface area contributed by atoms with Gasteiger partial charge in [0.25, 0.3) is 5.91 Å². The van der Waals surface area contributed by atoms with Gasteiger partial charge in [0.15, 0.2) is 15.6 Å². The maximum Gasteiger partial charge on any atom is 0.287 e. The molecule has 1 fully saturated rings. The molecule has 6 heteroatoms. The van der Waals surface area contributed by atoms with Crippen molar-refractivity contribution in [1.29, 1.82) is 0 Å². The zero-order valence-electron chi connectivity index (χ0n) is 15.0. The molecule has 0 aliphatic heterocycles. The maximum absolute atomic E-state index is 12.5. The highest BCUT2D eigenvalue weighted by molar-refractivity contribution is 7.89. The Morgan fingerprint density at radius 1 is 1.12 bits per heavy atom. The lowest BCUT2D eigenvalue weighted by Gasteiger charge is -2.32. The number of furan rings is 1. The Bertz CT molecular complexity index is 842. The van der Waals surface area contributed by atoms with E-state index in [1.165, 1.54) is 12.0 Å². The normalized spacial score (nSPS) is 20.7. The first kappa shape index (κ1) is 18.7. The molecule has 1 aromatic heterocycles. The molecule has 1 heterocycles. The Kier molecular flexibility index (Phi) is 5.81. The Morgan fingerprint density at radius 2 is 1.85 bits per heavy atom. The van der Waals surface area contributed by atoms with Gasteiger partial charge in [-0.3, -0.25) is 4.79 Å². The molecule has 0 saturated heterocycles. The van der Waals surface area contributed by atoms with Crippen LogP contribution in [-0.4, -0.2) is 26.6 Å². The minimum Gasteiger partial charge on any atom is -0.455 e. The predicted octanol–water partition coefficient (Wildman–Crippen LogP) is 3.36. The molecule has 3 rings (SSSR count). The van der Waals surface area contributed by atoms with Crippen LogP contribution in [0.4, 0.5) is 0 Å². The van der Waals surface area contributed by atoms with Gasteiger partial charge in [0.2, 0.25) is 0 Å². The van der Waals surface area contributed by atoms with Crippen LogP contribution in [0.1, 0.15) is 47.6 Å². The van der Waals surface area contributed by atoms with Gasteiger partial charge in [-0.25, -0.2) is 8.42 Å². The molecule has 2 atom stereocenters. The first-order chi connectivity index (χ1) is 12.4. The van der Waals surface area contributed by atoms with E-state index in [9.17, 15) is 13.2 Å². The summed E-state index contributed by atoms with van der Waals surface area (Å²) in [5.74, 6) is 0.408. The average Bonchev–Trinajstić information content (AvgIpc) is 3.04. The molecule has 5 nitrogen and oxygen atoms in total. The van der Waals surface area contributed by atoms with Gasteiger partial charge in [-0.1, -0.05) is 43.2 Å². The zero-order valence-corrected chi connectivity index (χ0v) is 15.8. The van der Waals surface area contributed by atoms with Crippen LogP contribution in [0.15, 0.2) is 46.9 Å². The van der Waals surface area contributed by atoms with Gasteiger partial charge < -0.3 is 9.73 Å². The third-order valence-electron chi connectivity index (χ3n) is 4.86. The van der Waals surface area contributed by atoms with Gasteiger partial charge in [0.1, 0.15) is 11.5 Å². The molecule has 140 valence electrons. The highest BCUT2D eigenvalue weighted by atomic mass is 32.2. The van der Waals surface area contributed by atoms with Crippen molar-refractivity contribution in [2.24, 2.45) is 5.92 Å². The third-order valence-corrected chi connectivity index (χ3v) is 5.67. The first-order valence-electron chi connectivity index (χ1n) is 9.02. The Balaban J connectivity index is 1.64. The molecule has 1 amide bonds. The highest BCUT2D eigenvalue weighted by Crippen LogP contribution is 2.28. The van der Waals surface area contributed by atoms with Crippen molar-refractivity contribution < 1.29 is 17.6 Å². The molecule has 1 N–H and O–H groups in total. The number of amides is 1. The number of nitrogens with one attached hydrogen (secondary N) is 1. The van der Waals surface area contributed by atoms with Crippen molar-refractivity contribution in [3.05, 3.63) is 59.5 Å². The van der Waals surface area contributed by atoms with Crippen molar-refractivity contribution in [3.8, 4) is 0 Å². The SMILES string of the molecule is CS(=O)(=O)Cc1ccc(C(=O)NC2CCCCC2Cc2ccccc2)o1. The fourth-order valence-corrected chi connectivity index (χ4v) is 4.31. The van der Waals surface area contributed by atoms with E-state index in [4.69, 9.17) is 4.42 Å². The summed E-state index contributed by atoms with van der Waals surface area (Å²) in [7, 11) is -3.19. The summed E-state index contributed by atoms with van der Waals surface area (Å²) in [6.07, 6.45) is 6.43. The topological polar surface area (TPSA) is 76.4 Å². The van der Waals surface area contributed by atoms with Crippen molar-refractivity contribution in [1.82, 2.24) is 5.32 Å². The van der Waals surface area contributed by atoms with Crippen LogP contribution in [0.2, 0.25) is 0 Å². The Morgan fingerprint density at radius 3 is 2.58 bits per heavy atom. The molecule has 2 aromatic rings. The summed E-state index contributed by atoms with van der Waals surface area (Å²) in [5, 5.41) is 3.10. The molecule has 0 spiro atoms. The standard InChI is InChI=1S/C20H25NO4S/c1-26(23,24)14-17-11-12-19(25-17)20(22)21-18-10-6-5-9-16(18)13-15-7-3-2-4-8-15/h2-4,7-8,11-12,16,18H,5-6,9-10,13-14H2,1H3,(H,21,22). The summed E-state index contributed by atoms with van der Waals surface area (Å²) >= 11 is 0. The molecule has 0 bridgehead atoms. The number of carbonyl (C=O) groups excluding carboxylic acids is 1. The van der Waals surface area contributed by atoms with Gasteiger partial charge in [-0.15, -0.1) is 0 Å². The monoisotopic (exact) mass is 375 g/mol. The quantitative estimate of drug-likeness (QED) is 0.840. The Labute approximate surface area is 154 Å². The van der Waals surface area contributed by atoms with Crippen molar-refractivity contribution in [2.75, 3.05) is 6.26 Å². The van der Waals surface area contributed by atoms with E-state index in [1.807, 2.05) is 18.2 Å². The highest BCUT2D eigenvalue weighted by Gasteiger charge is 2.27. The van der Waals surface area contributed by atoms with E-state index in [-0.39, 0.29) is 23.5 Å². The Hall–Kier alpha value is -2.08. The first-order valence-corrected chi connectivity index (χ1v) is 11.1. The largest absolute Gasteiger partial charge is 0.455 e. The zero-order chi connectivity index (χ0) is 18.6. The third kappa shape index (κ3) is 5.21. The van der Waals surface area contributed by atoms with E-state index >= 15 is 0 Å². The van der Waals surface area contributed by atoms with E-state index in [1.54, 1.807) is 12.1 Å². The predicted molar refractivity (Wildman–Crippen MR) is 101 cm³/mol. The number of hydrogen-bond acceptors (Lipinski definition) is 4. The van der Waals surface area contributed by atoms with Gasteiger partial charge in [0, 0.05) is 12.3 Å². The molecule has 0 radical (unpaired) electrons. The van der Waals surface area contributed by atoms with E-state index in [0.717, 1.165) is 31.9 Å². The summed E-state index contributed by atoms with van der Waals surface area (Å²) in [6, 6.07) is 13.5. The second kappa shape index (κ2) is 8.08. The minimum absolute atomic E-state index is 0.111. The summed E-state index contributed by atoms with van der Waals surface area (Å²) in [5.41, 5.74) is 1.28. The van der Waals surface area contributed by atoms with Crippen molar-refractivity contribution in [3.63, 3.8) is 0 Å². The van der Waals surface area contributed by atoms with Crippen LogP contribution in [0.25, 0.3) is 0 Å². The van der Waals surface area contributed by atoms with Crippen LogP contribution in [0.5, 0.6) is 0 Å². The summed E-state index contributed by atoms with van der Waals surface area (Å²) in [4.78, 5) is 12.5. The smallest absolute Gasteiger partial charge is 0.287 e. The van der Waals surface area contributed by atoms with Crippen LogP contribution in [-0.2, 0) is 22.0 Å². The molecule has 26 heavy (non-hydrogen) atoms. The maximum atomic E-state index is 12.5. The van der Waals surface area contributed by atoms with E-state index in [0.29, 0.717) is 11.7 Å². The summed E-state index contributed by atoms with van der Waals surface area (Å²) < 4.78 is 28.1. The van der Waals surface area contributed by atoms with Crippen LogP contribution < -0.4 is 5.32 Å². The van der Waals surface area contributed by atoms with Gasteiger partial charge >= 0.3 is 0 Å². The lowest BCUT2D eigenvalue weighted by molar-refractivity contribution is 0.0876. The van der Waals surface area contributed by atoms with E-state index < -0.39 is 9.84 Å². The molecular weight excluding hydrogens is 350 g/mol. The summed E-state index contributed by atoms with van der Waals surface area (Å²) in [6.45, 7) is 0. The molecule has 1 aromatic carbocycles. The molecular formula is C20H25NO4S. The number of sulfone groups is 1. The van der Waals surface area contributed by atoms with Crippen molar-refractivity contribution >= 4 is 15.7 Å².